The normalized spacial score (nSPS) is 55.5. The van der Waals surface area contributed by atoms with Gasteiger partial charge in [-0.3, -0.25) is 0 Å². The van der Waals surface area contributed by atoms with E-state index in [1.54, 1.807) is 24.3 Å². The lowest BCUT2D eigenvalue weighted by atomic mass is 10.0. The van der Waals surface area contributed by atoms with E-state index in [1.807, 2.05) is 0 Å². The molecule has 66 valence electrons. The van der Waals surface area contributed by atoms with Crippen LogP contribution in [0.5, 0.6) is 0 Å². The molecule has 2 aliphatic rings. The molecule has 2 heterocycles. The van der Waals surface area contributed by atoms with E-state index in [1.165, 1.54) is 17.3 Å². The average Bonchev–Trinajstić information content (AvgIpc) is 2.41. The zero-order valence-corrected chi connectivity index (χ0v) is 11.7. The maximum atomic E-state index is 2.85. The van der Waals surface area contributed by atoms with Crippen molar-refractivity contribution in [1.82, 2.24) is 0 Å². The predicted molar refractivity (Wildman–Crippen MR) is 71.4 cm³/mol. The van der Waals surface area contributed by atoms with E-state index in [2.05, 4.69) is 43.8 Å². The molecule has 3 heteroatoms. The van der Waals surface area contributed by atoms with Gasteiger partial charge in [-0.1, -0.05) is 22.6 Å². The second-order valence-corrected chi connectivity index (χ2v) is 12.8. The van der Waals surface area contributed by atoms with Gasteiger partial charge < -0.3 is 0 Å². The Labute approximate surface area is 96.3 Å². The third-order valence-corrected chi connectivity index (χ3v) is 14.6. The first kappa shape index (κ1) is 9.37. The molecule has 2 fully saturated rings. The van der Waals surface area contributed by atoms with Crippen LogP contribution in [-0.4, -0.2) is 20.7 Å². The van der Waals surface area contributed by atoms with Crippen molar-refractivity contribution in [3.8, 4) is 0 Å². The highest BCUT2D eigenvalue weighted by atomic mass is 127. The number of hydrogen-bond donors (Lipinski definition) is 0. The van der Waals surface area contributed by atoms with Crippen LogP contribution in [0.2, 0.25) is 0 Å². The minimum atomic E-state index is -0.158. The lowest BCUT2D eigenvalue weighted by Crippen LogP contribution is -2.26. The fourth-order valence-corrected chi connectivity index (χ4v) is 14.0. The fourth-order valence-electron chi connectivity index (χ4n) is 2.50. The third-order valence-electron chi connectivity index (χ3n) is 3.22. The van der Waals surface area contributed by atoms with Gasteiger partial charge in [0.05, 0.1) is 0 Å². The lowest BCUT2D eigenvalue weighted by molar-refractivity contribution is 0.587. The minimum absolute atomic E-state index is 0.158. The van der Waals surface area contributed by atoms with Gasteiger partial charge in [-0.25, -0.2) is 0 Å². The first-order chi connectivity index (χ1) is 5.22. The largest absolute Gasteiger partial charge is 0.181 e. The van der Waals surface area contributed by atoms with Gasteiger partial charge in [-0.2, -0.15) is 7.20 Å². The van der Waals surface area contributed by atoms with E-state index in [0.29, 0.717) is 0 Å². The Hall–Kier alpha value is 1.81. The maximum absolute atomic E-state index is 2.85. The Morgan fingerprint density at radius 2 is 1.73 bits per heavy atom. The maximum Gasteiger partial charge on any atom is 0.0174 e. The van der Waals surface area contributed by atoms with Crippen molar-refractivity contribution < 1.29 is 0 Å². The predicted octanol–water partition coefficient (Wildman–Crippen LogP) is 3.90. The molecule has 0 saturated carbocycles. The molecule has 0 nitrogen and oxygen atoms in total. The highest BCUT2D eigenvalue weighted by molar-refractivity contribution is 14.2. The highest BCUT2D eigenvalue weighted by Gasteiger charge is 2.51. The van der Waals surface area contributed by atoms with Crippen LogP contribution in [0, 0.1) is 0 Å². The number of halogens is 2. The number of fused-ring (bicyclic) bond motifs is 1. The summed E-state index contributed by atoms with van der Waals surface area (Å²) in [4.78, 5) is 0. The molecule has 2 aliphatic heterocycles. The van der Waals surface area contributed by atoms with E-state index in [4.69, 9.17) is 0 Å². The molecule has 2 saturated heterocycles. The van der Waals surface area contributed by atoms with Crippen LogP contribution in [0.15, 0.2) is 0 Å². The van der Waals surface area contributed by atoms with Gasteiger partial charge in [0, 0.05) is 9.17 Å². The van der Waals surface area contributed by atoms with E-state index in [0.717, 1.165) is 4.75 Å². The van der Waals surface area contributed by atoms with Crippen molar-refractivity contribution >= 4 is 51.0 Å². The Kier molecular flexibility index (Phi) is 2.71. The summed E-state index contributed by atoms with van der Waals surface area (Å²) in [5.41, 5.74) is 0. The molecular weight excluding hydrogens is 382 g/mol. The molecule has 0 spiro atoms. The SMILES string of the molecule is ICC12CCCS1(I)CCC2. The molecule has 0 N–H and O–H groups in total. The second kappa shape index (κ2) is 3.19. The summed E-state index contributed by atoms with van der Waals surface area (Å²) in [7, 11) is -0.158. The van der Waals surface area contributed by atoms with Crippen LogP contribution in [0.3, 0.4) is 0 Å². The summed E-state index contributed by atoms with van der Waals surface area (Å²) in [6.45, 7) is 0. The molecule has 0 amide bonds. The van der Waals surface area contributed by atoms with E-state index < -0.39 is 0 Å². The lowest BCUT2D eigenvalue weighted by Gasteiger charge is -2.39. The van der Waals surface area contributed by atoms with Crippen LogP contribution in [0.1, 0.15) is 25.7 Å². The molecule has 0 unspecified atom stereocenters. The molecule has 2 rings (SSSR count). The summed E-state index contributed by atoms with van der Waals surface area (Å²) < 4.78 is 2.27. The quantitative estimate of drug-likeness (QED) is 0.466. The summed E-state index contributed by atoms with van der Waals surface area (Å²) in [6.07, 6.45) is 6.16. The zero-order chi connectivity index (χ0) is 7.95. The molecule has 0 aliphatic carbocycles. The summed E-state index contributed by atoms with van der Waals surface area (Å²) in [5.74, 6) is 3.16. The molecule has 0 aromatic heterocycles. The number of alkyl halides is 1. The van der Waals surface area contributed by atoms with Crippen molar-refractivity contribution in [3.05, 3.63) is 0 Å². The summed E-state index contributed by atoms with van der Waals surface area (Å²) >= 11 is 5.47. The molecule has 0 atom stereocenters. The molecular formula is C8H14I2S. The first-order valence-corrected chi connectivity index (χ1v) is 10.3. The van der Waals surface area contributed by atoms with Crippen LogP contribution in [0.25, 0.3) is 0 Å². The standard InChI is InChI=1S/C8H14I2S/c9-7-8-3-1-5-11(8,10)6-2-4-8/h1-7H2. The van der Waals surface area contributed by atoms with Crippen molar-refractivity contribution in [2.45, 2.75) is 30.4 Å². The van der Waals surface area contributed by atoms with E-state index in [9.17, 15) is 0 Å². The topological polar surface area (TPSA) is 0 Å². The van der Waals surface area contributed by atoms with Gasteiger partial charge in [0.25, 0.3) is 0 Å². The number of hydrogen-bond acceptors (Lipinski definition) is 0. The Morgan fingerprint density at radius 1 is 1.18 bits per heavy atom. The van der Waals surface area contributed by atoms with Crippen molar-refractivity contribution in [3.63, 3.8) is 0 Å². The molecule has 0 aromatic carbocycles. The van der Waals surface area contributed by atoms with Crippen LogP contribution >= 0.6 is 51.0 Å². The monoisotopic (exact) mass is 396 g/mol. The highest BCUT2D eigenvalue weighted by Crippen LogP contribution is 2.77. The first-order valence-electron chi connectivity index (χ1n) is 4.26. The van der Waals surface area contributed by atoms with Gasteiger partial charge in [-0.15, -0.1) is 0 Å². The molecule has 11 heavy (non-hydrogen) atoms. The molecule has 0 radical (unpaired) electrons. The molecule has 0 aromatic rings. The van der Waals surface area contributed by atoms with Gasteiger partial charge in [0.2, 0.25) is 0 Å². The second-order valence-electron chi connectivity index (χ2n) is 3.72. The summed E-state index contributed by atoms with van der Waals surface area (Å²) in [6, 6.07) is 0. The number of rotatable bonds is 1. The molecule has 0 bridgehead atoms. The van der Waals surface area contributed by atoms with Crippen molar-refractivity contribution in [1.29, 1.82) is 0 Å². The van der Waals surface area contributed by atoms with Gasteiger partial charge in [-0.05, 0) is 58.4 Å². The van der Waals surface area contributed by atoms with Crippen molar-refractivity contribution in [2.75, 3.05) is 15.9 Å². The minimum Gasteiger partial charge on any atom is -0.181 e. The van der Waals surface area contributed by atoms with Gasteiger partial charge in [0.1, 0.15) is 0 Å². The zero-order valence-electron chi connectivity index (χ0n) is 6.61. The Balaban J connectivity index is 2.28. The van der Waals surface area contributed by atoms with Crippen LogP contribution in [-0.2, 0) is 0 Å². The smallest absolute Gasteiger partial charge is 0.0174 e. The van der Waals surface area contributed by atoms with E-state index in [-0.39, 0.29) is 7.20 Å². The fraction of sp³-hybridized carbons (Fsp3) is 1.00. The van der Waals surface area contributed by atoms with Gasteiger partial charge >= 0.3 is 0 Å². The van der Waals surface area contributed by atoms with Crippen LogP contribution in [0.4, 0.5) is 0 Å². The summed E-state index contributed by atoms with van der Waals surface area (Å²) in [5, 5.41) is 0. The van der Waals surface area contributed by atoms with Gasteiger partial charge in [0.15, 0.2) is 0 Å². The average molecular weight is 396 g/mol. The van der Waals surface area contributed by atoms with Crippen molar-refractivity contribution in [2.24, 2.45) is 0 Å². The third kappa shape index (κ3) is 1.28. The Bertz CT molecular complexity index is 159. The van der Waals surface area contributed by atoms with Crippen LogP contribution < -0.4 is 0 Å². The Morgan fingerprint density at radius 3 is 2.09 bits per heavy atom. The van der Waals surface area contributed by atoms with E-state index >= 15 is 0 Å².